The molecule has 0 unspecified atom stereocenters. The van der Waals surface area contributed by atoms with Gasteiger partial charge in [0.15, 0.2) is 0 Å². The number of ether oxygens (including phenoxy) is 1. The van der Waals surface area contributed by atoms with Crippen LogP contribution in [0.1, 0.15) is 31.9 Å². The zero-order chi connectivity index (χ0) is 20.4. The molecule has 2 aromatic rings. The summed E-state index contributed by atoms with van der Waals surface area (Å²) in [5.74, 6) is 0.845. The van der Waals surface area contributed by atoms with Gasteiger partial charge in [0.25, 0.3) is 0 Å². The van der Waals surface area contributed by atoms with Gasteiger partial charge in [-0.3, -0.25) is 4.90 Å². The van der Waals surface area contributed by atoms with Crippen molar-refractivity contribution in [3.63, 3.8) is 0 Å². The molecule has 0 N–H and O–H groups in total. The van der Waals surface area contributed by atoms with E-state index in [4.69, 9.17) is 4.74 Å². The Morgan fingerprint density at radius 2 is 1.46 bits per heavy atom. The summed E-state index contributed by atoms with van der Waals surface area (Å²) in [7, 11) is -1.78. The predicted octanol–water partition coefficient (Wildman–Crippen LogP) is 3.50. The van der Waals surface area contributed by atoms with Crippen LogP contribution in [0.2, 0.25) is 0 Å². The fourth-order valence-corrected chi connectivity index (χ4v) is 4.82. The highest BCUT2D eigenvalue weighted by molar-refractivity contribution is 7.89. The molecule has 0 saturated carbocycles. The topological polar surface area (TPSA) is 49.9 Å². The molecule has 1 aliphatic rings. The van der Waals surface area contributed by atoms with Gasteiger partial charge in [-0.25, -0.2) is 8.42 Å². The monoisotopic (exact) mass is 402 g/mol. The van der Waals surface area contributed by atoms with Crippen LogP contribution in [-0.2, 0) is 22.0 Å². The second-order valence-corrected chi connectivity index (χ2v) is 10.2. The summed E-state index contributed by atoms with van der Waals surface area (Å²) in [6.45, 7) is 9.67. The van der Waals surface area contributed by atoms with Crippen molar-refractivity contribution in [3.05, 3.63) is 59.7 Å². The van der Waals surface area contributed by atoms with E-state index in [2.05, 4.69) is 37.8 Å². The molecule has 1 fully saturated rings. The van der Waals surface area contributed by atoms with E-state index in [9.17, 15) is 8.42 Å². The Labute approximate surface area is 169 Å². The molecule has 2 aromatic carbocycles. The standard InChI is InChI=1S/C22H30N2O3S/c1-22(2,3)19-7-11-21(12-8-19)28(25,26)24-15-13-23(14-16-24)17-18-5-9-20(27-4)10-6-18/h5-12H,13-17H2,1-4H3. The molecule has 0 radical (unpaired) electrons. The molecule has 0 atom stereocenters. The maximum atomic E-state index is 13.0. The lowest BCUT2D eigenvalue weighted by Gasteiger charge is -2.34. The van der Waals surface area contributed by atoms with Gasteiger partial charge in [0.1, 0.15) is 5.75 Å². The summed E-state index contributed by atoms with van der Waals surface area (Å²) in [6, 6.07) is 15.3. The van der Waals surface area contributed by atoms with Crippen molar-refractivity contribution in [2.75, 3.05) is 33.3 Å². The number of methoxy groups -OCH3 is 1. The van der Waals surface area contributed by atoms with E-state index < -0.39 is 10.0 Å². The number of hydrogen-bond acceptors (Lipinski definition) is 4. The van der Waals surface area contributed by atoms with Crippen LogP contribution in [0.25, 0.3) is 0 Å². The van der Waals surface area contributed by atoms with Crippen molar-refractivity contribution in [1.29, 1.82) is 0 Å². The third-order valence-corrected chi connectivity index (χ3v) is 7.17. The molecule has 1 aliphatic heterocycles. The number of hydrogen-bond donors (Lipinski definition) is 0. The van der Waals surface area contributed by atoms with E-state index in [1.165, 1.54) is 5.56 Å². The van der Waals surface area contributed by atoms with E-state index in [0.29, 0.717) is 18.0 Å². The number of benzene rings is 2. The Bertz CT molecular complexity index is 877. The quantitative estimate of drug-likeness (QED) is 0.768. The third-order valence-electron chi connectivity index (χ3n) is 5.25. The molecule has 0 aliphatic carbocycles. The zero-order valence-electron chi connectivity index (χ0n) is 17.2. The van der Waals surface area contributed by atoms with E-state index in [1.54, 1.807) is 23.5 Å². The molecule has 28 heavy (non-hydrogen) atoms. The Balaban J connectivity index is 1.61. The summed E-state index contributed by atoms with van der Waals surface area (Å²) in [5, 5.41) is 0. The second kappa shape index (κ2) is 8.23. The molecule has 6 heteroatoms. The van der Waals surface area contributed by atoms with Gasteiger partial charge in [0.05, 0.1) is 12.0 Å². The van der Waals surface area contributed by atoms with Crippen molar-refractivity contribution < 1.29 is 13.2 Å². The molecule has 1 heterocycles. The number of rotatable bonds is 5. The number of piperazine rings is 1. The zero-order valence-corrected chi connectivity index (χ0v) is 18.0. The summed E-state index contributed by atoms with van der Waals surface area (Å²) < 4.78 is 32.7. The van der Waals surface area contributed by atoms with Gasteiger partial charge in [-0.2, -0.15) is 4.31 Å². The lowest BCUT2D eigenvalue weighted by molar-refractivity contribution is 0.181. The first kappa shape index (κ1) is 20.8. The molecule has 0 bridgehead atoms. The minimum absolute atomic E-state index is 0.00930. The van der Waals surface area contributed by atoms with E-state index in [-0.39, 0.29) is 5.41 Å². The van der Waals surface area contributed by atoms with Crippen molar-refractivity contribution in [2.45, 2.75) is 37.6 Å². The van der Waals surface area contributed by atoms with E-state index in [1.807, 2.05) is 24.3 Å². The maximum Gasteiger partial charge on any atom is 0.243 e. The normalized spacial score (nSPS) is 16.9. The highest BCUT2D eigenvalue weighted by Gasteiger charge is 2.28. The SMILES string of the molecule is COc1ccc(CN2CCN(S(=O)(=O)c3ccc(C(C)(C)C)cc3)CC2)cc1. The van der Waals surface area contributed by atoms with E-state index in [0.717, 1.165) is 30.9 Å². The molecule has 5 nitrogen and oxygen atoms in total. The molecule has 1 saturated heterocycles. The minimum atomic E-state index is -3.44. The highest BCUT2D eigenvalue weighted by atomic mass is 32.2. The smallest absolute Gasteiger partial charge is 0.243 e. The Morgan fingerprint density at radius 3 is 1.96 bits per heavy atom. The fraction of sp³-hybridized carbons (Fsp3) is 0.455. The molecular weight excluding hydrogens is 372 g/mol. The molecule has 152 valence electrons. The lowest BCUT2D eigenvalue weighted by atomic mass is 9.87. The average Bonchev–Trinajstić information content (AvgIpc) is 2.68. The van der Waals surface area contributed by atoms with Crippen LogP contribution in [0.3, 0.4) is 0 Å². The van der Waals surface area contributed by atoms with Crippen molar-refractivity contribution in [2.24, 2.45) is 0 Å². The predicted molar refractivity (Wildman–Crippen MR) is 112 cm³/mol. The fourth-order valence-electron chi connectivity index (χ4n) is 3.39. The van der Waals surface area contributed by atoms with Gasteiger partial charge in [-0.1, -0.05) is 45.0 Å². The van der Waals surface area contributed by atoms with Crippen LogP contribution in [0, 0.1) is 0 Å². The number of sulfonamides is 1. The molecule has 3 rings (SSSR count). The Hall–Kier alpha value is -1.89. The van der Waals surface area contributed by atoms with Crippen molar-refractivity contribution in [3.8, 4) is 5.75 Å². The Kier molecular flexibility index (Phi) is 6.12. The van der Waals surface area contributed by atoms with Gasteiger partial charge in [0.2, 0.25) is 10.0 Å². The van der Waals surface area contributed by atoms with Crippen LogP contribution in [0.5, 0.6) is 5.75 Å². The van der Waals surface area contributed by atoms with Crippen LogP contribution >= 0.6 is 0 Å². The summed E-state index contributed by atoms with van der Waals surface area (Å²) in [6.07, 6.45) is 0. The van der Waals surface area contributed by atoms with Crippen LogP contribution in [0.15, 0.2) is 53.4 Å². The summed E-state index contributed by atoms with van der Waals surface area (Å²) in [4.78, 5) is 2.67. The molecular formula is C22H30N2O3S. The average molecular weight is 403 g/mol. The maximum absolute atomic E-state index is 13.0. The van der Waals surface area contributed by atoms with Crippen molar-refractivity contribution >= 4 is 10.0 Å². The highest BCUT2D eigenvalue weighted by Crippen LogP contribution is 2.25. The second-order valence-electron chi connectivity index (χ2n) is 8.30. The van der Waals surface area contributed by atoms with Crippen molar-refractivity contribution in [1.82, 2.24) is 9.21 Å². The van der Waals surface area contributed by atoms with Gasteiger partial charge < -0.3 is 4.74 Å². The largest absolute Gasteiger partial charge is 0.497 e. The minimum Gasteiger partial charge on any atom is -0.497 e. The molecule has 0 aromatic heterocycles. The molecule has 0 spiro atoms. The molecule has 0 amide bonds. The first-order chi connectivity index (χ1) is 13.2. The van der Waals surface area contributed by atoms with Gasteiger partial charge in [-0.15, -0.1) is 0 Å². The van der Waals surface area contributed by atoms with Crippen LogP contribution < -0.4 is 4.74 Å². The van der Waals surface area contributed by atoms with Crippen LogP contribution in [-0.4, -0.2) is 50.9 Å². The van der Waals surface area contributed by atoms with E-state index >= 15 is 0 Å². The summed E-state index contributed by atoms with van der Waals surface area (Å²) >= 11 is 0. The van der Waals surface area contributed by atoms with Gasteiger partial charge in [-0.05, 0) is 40.8 Å². The lowest BCUT2D eigenvalue weighted by Crippen LogP contribution is -2.48. The third kappa shape index (κ3) is 4.74. The summed E-state index contributed by atoms with van der Waals surface area (Å²) in [5.41, 5.74) is 2.35. The van der Waals surface area contributed by atoms with Gasteiger partial charge >= 0.3 is 0 Å². The van der Waals surface area contributed by atoms with Crippen LogP contribution in [0.4, 0.5) is 0 Å². The number of nitrogens with zero attached hydrogens (tertiary/aromatic N) is 2. The first-order valence-corrected chi connectivity index (χ1v) is 11.1. The van der Waals surface area contributed by atoms with Gasteiger partial charge in [0, 0.05) is 32.7 Å². The Morgan fingerprint density at radius 1 is 0.893 bits per heavy atom. The first-order valence-electron chi connectivity index (χ1n) is 9.66.